The van der Waals surface area contributed by atoms with Gasteiger partial charge in [0.15, 0.2) is 18.1 Å². The van der Waals surface area contributed by atoms with E-state index in [2.05, 4.69) is 11.4 Å². The highest BCUT2D eigenvalue weighted by Gasteiger charge is 2.23. The fraction of sp³-hybridized carbons (Fsp3) is 0.333. The molecule has 1 aliphatic rings. The van der Waals surface area contributed by atoms with Gasteiger partial charge in [-0.25, -0.2) is 4.79 Å². The SMILES string of the molecule is CCOc1cc(C(=O)N2CCc3sccc3C2)ccc1OCC(=O)O. The number of thiophene rings is 1. The van der Waals surface area contributed by atoms with E-state index in [1.165, 1.54) is 10.4 Å². The number of carboxylic acids is 1. The highest BCUT2D eigenvalue weighted by molar-refractivity contribution is 7.10. The molecule has 3 rings (SSSR count). The highest BCUT2D eigenvalue weighted by atomic mass is 32.1. The van der Waals surface area contributed by atoms with Gasteiger partial charge in [-0.2, -0.15) is 0 Å². The minimum absolute atomic E-state index is 0.0670. The van der Waals surface area contributed by atoms with Crippen molar-refractivity contribution < 1.29 is 24.2 Å². The van der Waals surface area contributed by atoms with Crippen molar-refractivity contribution in [2.45, 2.75) is 19.9 Å². The number of carbonyl (C=O) groups is 2. The molecule has 0 saturated carbocycles. The molecule has 132 valence electrons. The number of nitrogens with zero attached hydrogens (tertiary/aromatic N) is 1. The van der Waals surface area contributed by atoms with Crippen molar-refractivity contribution >= 4 is 23.2 Å². The number of ether oxygens (including phenoxy) is 2. The fourth-order valence-electron chi connectivity index (χ4n) is 2.77. The molecular weight excluding hydrogens is 342 g/mol. The minimum Gasteiger partial charge on any atom is -0.490 e. The lowest BCUT2D eigenvalue weighted by Gasteiger charge is -2.27. The quantitative estimate of drug-likeness (QED) is 0.856. The summed E-state index contributed by atoms with van der Waals surface area (Å²) in [4.78, 5) is 26.6. The summed E-state index contributed by atoms with van der Waals surface area (Å²) in [5.74, 6) is -0.438. The summed E-state index contributed by atoms with van der Waals surface area (Å²) in [6, 6.07) is 6.91. The molecule has 1 aromatic carbocycles. The Kier molecular flexibility index (Phi) is 5.23. The van der Waals surface area contributed by atoms with Gasteiger partial charge in [0, 0.05) is 23.5 Å². The lowest BCUT2D eigenvalue weighted by molar-refractivity contribution is -0.139. The molecule has 0 unspecified atom stereocenters. The predicted molar refractivity (Wildman–Crippen MR) is 93.5 cm³/mol. The summed E-state index contributed by atoms with van der Waals surface area (Å²) in [5.41, 5.74) is 1.71. The monoisotopic (exact) mass is 361 g/mol. The van der Waals surface area contributed by atoms with Gasteiger partial charge in [-0.05, 0) is 48.6 Å². The first-order valence-corrected chi connectivity index (χ1v) is 8.92. The Balaban J connectivity index is 1.78. The summed E-state index contributed by atoms with van der Waals surface area (Å²) in [6.45, 7) is 3.05. The van der Waals surface area contributed by atoms with Crippen molar-refractivity contribution in [1.29, 1.82) is 0 Å². The molecule has 0 aliphatic carbocycles. The van der Waals surface area contributed by atoms with Crippen LogP contribution in [-0.4, -0.2) is 41.6 Å². The van der Waals surface area contributed by atoms with Crippen molar-refractivity contribution in [3.05, 3.63) is 45.6 Å². The van der Waals surface area contributed by atoms with E-state index >= 15 is 0 Å². The minimum atomic E-state index is -1.07. The van der Waals surface area contributed by atoms with E-state index in [9.17, 15) is 9.59 Å². The van der Waals surface area contributed by atoms with Crippen molar-refractivity contribution in [2.75, 3.05) is 19.8 Å². The van der Waals surface area contributed by atoms with Gasteiger partial charge in [0.25, 0.3) is 5.91 Å². The predicted octanol–water partition coefficient (Wildman–Crippen LogP) is 2.81. The molecule has 0 saturated heterocycles. The van der Waals surface area contributed by atoms with Crippen LogP contribution < -0.4 is 9.47 Å². The average Bonchev–Trinajstić information content (AvgIpc) is 3.07. The van der Waals surface area contributed by atoms with Gasteiger partial charge in [-0.1, -0.05) is 0 Å². The van der Waals surface area contributed by atoms with Crippen LogP contribution in [0.25, 0.3) is 0 Å². The molecule has 25 heavy (non-hydrogen) atoms. The van der Waals surface area contributed by atoms with Crippen molar-refractivity contribution in [3.63, 3.8) is 0 Å². The first kappa shape index (κ1) is 17.3. The van der Waals surface area contributed by atoms with E-state index in [1.54, 1.807) is 29.5 Å². The number of amides is 1. The van der Waals surface area contributed by atoms with Crippen LogP contribution in [0.4, 0.5) is 0 Å². The second kappa shape index (κ2) is 7.57. The van der Waals surface area contributed by atoms with Gasteiger partial charge in [0.05, 0.1) is 6.61 Å². The molecule has 7 heteroatoms. The number of carboxylic acid groups (broad SMARTS) is 1. The Hall–Kier alpha value is -2.54. The van der Waals surface area contributed by atoms with E-state index in [0.717, 1.165) is 6.42 Å². The number of fused-ring (bicyclic) bond motifs is 1. The van der Waals surface area contributed by atoms with Crippen LogP contribution in [0.1, 0.15) is 27.7 Å². The van der Waals surface area contributed by atoms with Gasteiger partial charge in [0.1, 0.15) is 0 Å². The molecule has 0 bridgehead atoms. The van der Waals surface area contributed by atoms with Gasteiger partial charge in [-0.3, -0.25) is 4.79 Å². The first-order chi connectivity index (χ1) is 12.1. The van der Waals surface area contributed by atoms with E-state index < -0.39 is 12.6 Å². The number of hydrogen-bond acceptors (Lipinski definition) is 5. The number of carbonyl (C=O) groups excluding carboxylic acids is 1. The third-order valence-electron chi connectivity index (χ3n) is 3.94. The Morgan fingerprint density at radius 2 is 2.08 bits per heavy atom. The lowest BCUT2D eigenvalue weighted by atomic mass is 10.1. The van der Waals surface area contributed by atoms with Crippen molar-refractivity contribution in [3.8, 4) is 11.5 Å². The summed E-state index contributed by atoms with van der Waals surface area (Å²) in [7, 11) is 0. The maximum absolute atomic E-state index is 12.8. The van der Waals surface area contributed by atoms with Crippen LogP contribution in [-0.2, 0) is 17.8 Å². The maximum Gasteiger partial charge on any atom is 0.341 e. The Morgan fingerprint density at radius 3 is 2.84 bits per heavy atom. The largest absolute Gasteiger partial charge is 0.490 e. The molecule has 0 spiro atoms. The molecule has 6 nitrogen and oxygen atoms in total. The molecule has 0 radical (unpaired) electrons. The van der Waals surface area contributed by atoms with E-state index in [-0.39, 0.29) is 5.91 Å². The number of rotatable bonds is 6. The zero-order valence-corrected chi connectivity index (χ0v) is 14.7. The molecule has 2 heterocycles. The van der Waals surface area contributed by atoms with Gasteiger partial charge >= 0.3 is 5.97 Å². The van der Waals surface area contributed by atoms with E-state index in [4.69, 9.17) is 14.6 Å². The Bertz CT molecular complexity index is 786. The van der Waals surface area contributed by atoms with E-state index in [0.29, 0.717) is 36.8 Å². The molecular formula is C18H19NO5S. The lowest BCUT2D eigenvalue weighted by Crippen LogP contribution is -2.35. The van der Waals surface area contributed by atoms with Crippen molar-refractivity contribution in [1.82, 2.24) is 4.90 Å². The second-order valence-electron chi connectivity index (χ2n) is 5.62. The molecule has 1 N–H and O–H groups in total. The standard InChI is InChI=1S/C18H19NO5S/c1-2-23-15-9-12(3-4-14(15)24-11-17(20)21)18(22)19-7-5-16-13(10-19)6-8-25-16/h3-4,6,8-9H,2,5,7,10-11H2,1H3,(H,20,21). The smallest absolute Gasteiger partial charge is 0.341 e. The fourth-order valence-corrected chi connectivity index (χ4v) is 3.66. The van der Waals surface area contributed by atoms with Gasteiger partial charge < -0.3 is 19.5 Å². The first-order valence-electron chi connectivity index (χ1n) is 8.04. The molecule has 1 aromatic heterocycles. The summed E-state index contributed by atoms with van der Waals surface area (Å²) >= 11 is 1.73. The Morgan fingerprint density at radius 1 is 1.24 bits per heavy atom. The van der Waals surface area contributed by atoms with E-state index in [1.807, 2.05) is 11.8 Å². The van der Waals surface area contributed by atoms with Crippen LogP contribution in [0.5, 0.6) is 11.5 Å². The average molecular weight is 361 g/mol. The highest BCUT2D eigenvalue weighted by Crippen LogP contribution is 2.30. The van der Waals surface area contributed by atoms with Crippen LogP contribution in [0.3, 0.4) is 0 Å². The van der Waals surface area contributed by atoms with Crippen LogP contribution in [0.15, 0.2) is 29.6 Å². The van der Waals surface area contributed by atoms with Crippen LogP contribution in [0.2, 0.25) is 0 Å². The van der Waals surface area contributed by atoms with Crippen molar-refractivity contribution in [2.24, 2.45) is 0 Å². The summed E-state index contributed by atoms with van der Waals surface area (Å²) < 4.78 is 10.7. The zero-order chi connectivity index (χ0) is 17.8. The zero-order valence-electron chi connectivity index (χ0n) is 13.9. The summed E-state index contributed by atoms with van der Waals surface area (Å²) in [5, 5.41) is 10.8. The molecule has 0 atom stereocenters. The Labute approximate surface area is 149 Å². The molecule has 2 aromatic rings. The number of benzene rings is 1. The third kappa shape index (κ3) is 3.93. The molecule has 0 fully saturated rings. The number of hydrogen-bond donors (Lipinski definition) is 1. The van der Waals surface area contributed by atoms with Gasteiger partial charge in [-0.15, -0.1) is 11.3 Å². The van der Waals surface area contributed by atoms with Crippen LogP contribution in [0, 0.1) is 0 Å². The van der Waals surface area contributed by atoms with Gasteiger partial charge in [0.2, 0.25) is 0 Å². The molecule has 1 amide bonds. The second-order valence-corrected chi connectivity index (χ2v) is 6.62. The molecule has 1 aliphatic heterocycles. The topological polar surface area (TPSA) is 76.1 Å². The normalized spacial score (nSPS) is 13.2. The third-order valence-corrected chi connectivity index (χ3v) is 4.96. The number of aliphatic carboxylic acids is 1. The maximum atomic E-state index is 12.8. The summed E-state index contributed by atoms with van der Waals surface area (Å²) in [6.07, 6.45) is 0.872. The van der Waals surface area contributed by atoms with Crippen LogP contribution >= 0.6 is 11.3 Å².